The highest BCUT2D eigenvalue weighted by Gasteiger charge is 2.20. The van der Waals surface area contributed by atoms with Crippen LogP contribution in [0.25, 0.3) is 0 Å². The summed E-state index contributed by atoms with van der Waals surface area (Å²) in [6.07, 6.45) is 0.486. The number of carboxylic acids is 1. The molecule has 19 heavy (non-hydrogen) atoms. The molecule has 0 aromatic heterocycles. The summed E-state index contributed by atoms with van der Waals surface area (Å²) in [5.41, 5.74) is 9.24. The predicted octanol–water partition coefficient (Wildman–Crippen LogP) is 2.99. The second-order valence-corrected chi connectivity index (χ2v) is 4.75. The van der Waals surface area contributed by atoms with Crippen LogP contribution >= 0.6 is 0 Å². The van der Waals surface area contributed by atoms with Crippen molar-refractivity contribution in [3.05, 3.63) is 65.2 Å². The summed E-state index contributed by atoms with van der Waals surface area (Å²) >= 11 is 0. The highest BCUT2D eigenvalue weighted by molar-refractivity contribution is 5.76. The van der Waals surface area contributed by atoms with Gasteiger partial charge in [-0.15, -0.1) is 0 Å². The number of carbonyl (C=O) groups is 1. The van der Waals surface area contributed by atoms with Gasteiger partial charge in [0.2, 0.25) is 0 Å². The van der Waals surface area contributed by atoms with E-state index in [4.69, 9.17) is 5.73 Å². The van der Waals surface area contributed by atoms with E-state index < -0.39 is 11.9 Å². The number of rotatable bonds is 4. The fourth-order valence-corrected chi connectivity index (χ4v) is 2.04. The Bertz CT molecular complexity index is 558. The topological polar surface area (TPSA) is 63.3 Å². The summed E-state index contributed by atoms with van der Waals surface area (Å²) in [6, 6.07) is 15.0. The quantitative estimate of drug-likeness (QED) is 0.825. The van der Waals surface area contributed by atoms with Gasteiger partial charge in [0.1, 0.15) is 0 Å². The molecule has 98 valence electrons. The molecule has 0 saturated carbocycles. The van der Waals surface area contributed by atoms with Crippen molar-refractivity contribution in [2.24, 2.45) is 0 Å². The molecule has 3 nitrogen and oxygen atoms in total. The summed E-state index contributed by atoms with van der Waals surface area (Å²) < 4.78 is 0. The lowest BCUT2D eigenvalue weighted by Crippen LogP contribution is -2.14. The van der Waals surface area contributed by atoms with E-state index >= 15 is 0 Å². The van der Waals surface area contributed by atoms with Crippen molar-refractivity contribution in [1.29, 1.82) is 0 Å². The van der Waals surface area contributed by atoms with Crippen LogP contribution in [0.4, 0.5) is 5.69 Å². The van der Waals surface area contributed by atoms with Gasteiger partial charge in [0.05, 0.1) is 5.92 Å². The van der Waals surface area contributed by atoms with Crippen LogP contribution in [0, 0.1) is 6.92 Å². The molecule has 0 aliphatic rings. The van der Waals surface area contributed by atoms with Gasteiger partial charge in [-0.3, -0.25) is 4.79 Å². The zero-order valence-electron chi connectivity index (χ0n) is 10.8. The van der Waals surface area contributed by atoms with Crippen LogP contribution in [0.2, 0.25) is 0 Å². The third-order valence-corrected chi connectivity index (χ3v) is 3.20. The Morgan fingerprint density at radius 2 is 1.68 bits per heavy atom. The Hall–Kier alpha value is -2.29. The monoisotopic (exact) mass is 255 g/mol. The largest absolute Gasteiger partial charge is 0.481 e. The maximum absolute atomic E-state index is 11.4. The summed E-state index contributed by atoms with van der Waals surface area (Å²) in [7, 11) is 0. The lowest BCUT2D eigenvalue weighted by atomic mass is 9.91. The van der Waals surface area contributed by atoms with E-state index in [-0.39, 0.29) is 0 Å². The van der Waals surface area contributed by atoms with Crippen molar-refractivity contribution in [2.75, 3.05) is 5.73 Å². The zero-order chi connectivity index (χ0) is 13.8. The van der Waals surface area contributed by atoms with Crippen LogP contribution in [0.1, 0.15) is 22.6 Å². The van der Waals surface area contributed by atoms with Crippen LogP contribution in [-0.2, 0) is 11.2 Å². The molecule has 1 unspecified atom stereocenters. The SMILES string of the molecule is Cc1ccc(CC(C(=O)O)c2ccc(N)cc2)cc1. The minimum atomic E-state index is -0.814. The second kappa shape index (κ2) is 5.57. The Morgan fingerprint density at radius 3 is 2.21 bits per heavy atom. The smallest absolute Gasteiger partial charge is 0.311 e. The van der Waals surface area contributed by atoms with Crippen molar-refractivity contribution in [2.45, 2.75) is 19.3 Å². The molecule has 3 N–H and O–H groups in total. The van der Waals surface area contributed by atoms with E-state index in [1.807, 2.05) is 31.2 Å². The number of nitrogens with two attached hydrogens (primary N) is 1. The molecule has 0 aliphatic carbocycles. The third-order valence-electron chi connectivity index (χ3n) is 3.20. The second-order valence-electron chi connectivity index (χ2n) is 4.75. The first-order valence-electron chi connectivity index (χ1n) is 6.20. The highest BCUT2D eigenvalue weighted by atomic mass is 16.4. The van der Waals surface area contributed by atoms with Gasteiger partial charge in [-0.1, -0.05) is 42.0 Å². The van der Waals surface area contributed by atoms with Crippen LogP contribution in [0.15, 0.2) is 48.5 Å². The molecule has 0 fully saturated rings. The van der Waals surface area contributed by atoms with Crippen LogP contribution in [0.3, 0.4) is 0 Å². The number of hydrogen-bond acceptors (Lipinski definition) is 2. The van der Waals surface area contributed by atoms with Crippen molar-refractivity contribution < 1.29 is 9.90 Å². The molecule has 0 heterocycles. The van der Waals surface area contributed by atoms with Crippen molar-refractivity contribution in [3.8, 4) is 0 Å². The Kier molecular flexibility index (Phi) is 3.85. The number of benzene rings is 2. The zero-order valence-corrected chi connectivity index (χ0v) is 10.8. The molecular formula is C16H17NO2. The highest BCUT2D eigenvalue weighted by Crippen LogP contribution is 2.22. The van der Waals surface area contributed by atoms with Crippen LogP contribution in [-0.4, -0.2) is 11.1 Å². The van der Waals surface area contributed by atoms with Gasteiger partial charge < -0.3 is 10.8 Å². The predicted molar refractivity (Wildman–Crippen MR) is 76.1 cm³/mol. The van der Waals surface area contributed by atoms with E-state index in [0.29, 0.717) is 12.1 Å². The average molecular weight is 255 g/mol. The van der Waals surface area contributed by atoms with Gasteiger partial charge in [-0.25, -0.2) is 0 Å². The molecule has 1 atom stereocenters. The van der Waals surface area contributed by atoms with E-state index in [0.717, 1.165) is 11.1 Å². The fraction of sp³-hybridized carbons (Fsp3) is 0.188. The van der Waals surface area contributed by atoms with Gasteiger partial charge in [0.25, 0.3) is 0 Å². The molecular weight excluding hydrogens is 238 g/mol. The van der Waals surface area contributed by atoms with E-state index in [2.05, 4.69) is 0 Å². The Balaban J connectivity index is 2.23. The molecule has 0 radical (unpaired) electrons. The summed E-state index contributed by atoms with van der Waals surface area (Å²) in [4.78, 5) is 11.4. The molecule has 2 aromatic rings. The normalized spacial score (nSPS) is 12.1. The third kappa shape index (κ3) is 3.35. The van der Waals surface area contributed by atoms with Gasteiger partial charge in [0, 0.05) is 5.69 Å². The van der Waals surface area contributed by atoms with Crippen LogP contribution < -0.4 is 5.73 Å². The van der Waals surface area contributed by atoms with Gasteiger partial charge >= 0.3 is 5.97 Å². The number of hydrogen-bond donors (Lipinski definition) is 2. The Labute approximate surface area is 112 Å². The molecule has 3 heteroatoms. The van der Waals surface area contributed by atoms with Gasteiger partial charge in [-0.05, 0) is 36.6 Å². The number of aryl methyl sites for hydroxylation is 1. The lowest BCUT2D eigenvalue weighted by molar-refractivity contribution is -0.138. The summed E-state index contributed by atoms with van der Waals surface area (Å²) in [6.45, 7) is 2.01. The molecule has 0 bridgehead atoms. The first-order valence-corrected chi connectivity index (χ1v) is 6.20. The van der Waals surface area contributed by atoms with E-state index in [9.17, 15) is 9.90 Å². The molecule has 0 saturated heterocycles. The maximum Gasteiger partial charge on any atom is 0.311 e. The van der Waals surface area contributed by atoms with Crippen LogP contribution in [0.5, 0.6) is 0 Å². The first-order chi connectivity index (χ1) is 9.06. The van der Waals surface area contributed by atoms with E-state index in [1.165, 1.54) is 5.56 Å². The molecule has 0 amide bonds. The summed E-state index contributed by atoms with van der Waals surface area (Å²) in [5, 5.41) is 9.38. The summed E-state index contributed by atoms with van der Waals surface area (Å²) in [5.74, 6) is -1.35. The van der Waals surface area contributed by atoms with Crippen molar-refractivity contribution in [1.82, 2.24) is 0 Å². The standard InChI is InChI=1S/C16H17NO2/c1-11-2-4-12(5-3-11)10-15(16(18)19)13-6-8-14(17)9-7-13/h2-9,15H,10,17H2,1H3,(H,18,19). The lowest BCUT2D eigenvalue weighted by Gasteiger charge is -2.13. The first kappa shape index (κ1) is 13.1. The minimum absolute atomic E-state index is 0.486. The number of carboxylic acid groups (broad SMARTS) is 1. The molecule has 0 spiro atoms. The van der Waals surface area contributed by atoms with E-state index in [1.54, 1.807) is 24.3 Å². The number of nitrogen functional groups attached to an aromatic ring is 1. The number of aliphatic carboxylic acids is 1. The molecule has 2 rings (SSSR count). The number of anilines is 1. The van der Waals surface area contributed by atoms with Crippen molar-refractivity contribution >= 4 is 11.7 Å². The van der Waals surface area contributed by atoms with Gasteiger partial charge in [-0.2, -0.15) is 0 Å². The maximum atomic E-state index is 11.4. The average Bonchev–Trinajstić information content (AvgIpc) is 2.39. The fourth-order valence-electron chi connectivity index (χ4n) is 2.04. The minimum Gasteiger partial charge on any atom is -0.481 e. The molecule has 2 aromatic carbocycles. The Morgan fingerprint density at radius 1 is 1.11 bits per heavy atom. The van der Waals surface area contributed by atoms with Gasteiger partial charge in [0.15, 0.2) is 0 Å². The molecule has 0 aliphatic heterocycles. The van der Waals surface area contributed by atoms with Crippen molar-refractivity contribution in [3.63, 3.8) is 0 Å².